The monoisotopic (exact) mass is 369 g/mol. The summed E-state index contributed by atoms with van der Waals surface area (Å²) in [5.41, 5.74) is 2.52. The van der Waals surface area contributed by atoms with Gasteiger partial charge < -0.3 is 9.47 Å². The molecule has 0 N–H and O–H groups in total. The van der Waals surface area contributed by atoms with Gasteiger partial charge >= 0.3 is 0 Å². The van der Waals surface area contributed by atoms with E-state index in [4.69, 9.17) is 9.47 Å². The van der Waals surface area contributed by atoms with Crippen molar-refractivity contribution in [2.24, 2.45) is 0 Å². The molecule has 3 aromatic rings. The standard InChI is InChI=1S/C20H23N3O2S/c1-24-18-6-2-4-16(12-18)13-19-15-22(9-10-25-19)14-17-5-3-8-23(17)20-21-7-11-26-20/h2-8,11-12,19H,9-10,13-15H2,1H3/t19-/m1/s1. The number of rotatable bonds is 6. The largest absolute Gasteiger partial charge is 0.497 e. The molecular weight excluding hydrogens is 346 g/mol. The molecule has 4 rings (SSSR count). The molecule has 1 aromatic carbocycles. The van der Waals surface area contributed by atoms with E-state index in [0.717, 1.165) is 43.5 Å². The Bertz CT molecular complexity index is 831. The van der Waals surface area contributed by atoms with Crippen LogP contribution in [0.3, 0.4) is 0 Å². The summed E-state index contributed by atoms with van der Waals surface area (Å²) in [5, 5.41) is 3.03. The van der Waals surface area contributed by atoms with E-state index in [1.165, 1.54) is 11.3 Å². The second-order valence-corrected chi connectivity index (χ2v) is 7.34. The number of methoxy groups -OCH3 is 1. The van der Waals surface area contributed by atoms with Crippen molar-refractivity contribution in [3.8, 4) is 10.9 Å². The van der Waals surface area contributed by atoms with Crippen LogP contribution in [0.4, 0.5) is 0 Å². The van der Waals surface area contributed by atoms with E-state index in [1.807, 2.05) is 23.7 Å². The van der Waals surface area contributed by atoms with Gasteiger partial charge in [0.15, 0.2) is 5.13 Å². The van der Waals surface area contributed by atoms with Crippen molar-refractivity contribution in [1.82, 2.24) is 14.5 Å². The molecule has 0 spiro atoms. The zero-order chi connectivity index (χ0) is 17.8. The third-order valence-electron chi connectivity index (χ3n) is 4.66. The van der Waals surface area contributed by atoms with Crippen molar-refractivity contribution in [2.75, 3.05) is 26.8 Å². The average Bonchev–Trinajstić information content (AvgIpc) is 3.33. The molecule has 0 bridgehead atoms. The van der Waals surface area contributed by atoms with Crippen LogP contribution in [0.25, 0.3) is 5.13 Å². The van der Waals surface area contributed by atoms with Gasteiger partial charge in [0.25, 0.3) is 0 Å². The summed E-state index contributed by atoms with van der Waals surface area (Å²) in [4.78, 5) is 6.89. The lowest BCUT2D eigenvalue weighted by molar-refractivity contribution is -0.0309. The van der Waals surface area contributed by atoms with E-state index in [2.05, 4.69) is 44.9 Å². The number of hydrogen-bond donors (Lipinski definition) is 0. The van der Waals surface area contributed by atoms with Crippen LogP contribution in [-0.2, 0) is 17.7 Å². The first-order valence-electron chi connectivity index (χ1n) is 8.85. The highest BCUT2D eigenvalue weighted by atomic mass is 32.1. The van der Waals surface area contributed by atoms with Crippen LogP contribution >= 0.6 is 11.3 Å². The lowest BCUT2D eigenvalue weighted by Gasteiger charge is -2.33. The van der Waals surface area contributed by atoms with Crippen LogP contribution in [0.15, 0.2) is 54.2 Å². The Kier molecular flexibility index (Phi) is 5.34. The minimum absolute atomic E-state index is 0.208. The first-order valence-corrected chi connectivity index (χ1v) is 9.73. The molecule has 1 aliphatic rings. The SMILES string of the molecule is COc1cccc(C[C@@H]2CN(Cc3cccn3-c3nccs3)CCO2)c1. The average molecular weight is 369 g/mol. The molecule has 1 aliphatic heterocycles. The molecule has 1 atom stereocenters. The molecule has 2 aromatic heterocycles. The van der Waals surface area contributed by atoms with Crippen molar-refractivity contribution < 1.29 is 9.47 Å². The van der Waals surface area contributed by atoms with E-state index >= 15 is 0 Å². The lowest BCUT2D eigenvalue weighted by Crippen LogP contribution is -2.43. The lowest BCUT2D eigenvalue weighted by atomic mass is 10.1. The molecule has 136 valence electrons. The fourth-order valence-corrected chi connectivity index (χ4v) is 4.06. The predicted octanol–water partition coefficient (Wildman–Crippen LogP) is 3.39. The van der Waals surface area contributed by atoms with E-state index in [-0.39, 0.29) is 6.10 Å². The topological polar surface area (TPSA) is 39.5 Å². The molecule has 0 radical (unpaired) electrons. The quantitative estimate of drug-likeness (QED) is 0.668. The van der Waals surface area contributed by atoms with Gasteiger partial charge in [-0.25, -0.2) is 4.98 Å². The normalized spacial score (nSPS) is 18.1. The Morgan fingerprint density at radius 2 is 2.27 bits per heavy atom. The summed E-state index contributed by atoms with van der Waals surface area (Å²) in [5.74, 6) is 0.899. The van der Waals surface area contributed by atoms with E-state index < -0.39 is 0 Å². The molecule has 0 saturated carbocycles. The van der Waals surface area contributed by atoms with Gasteiger partial charge in [0, 0.05) is 49.5 Å². The van der Waals surface area contributed by atoms with Gasteiger partial charge in [0.05, 0.1) is 19.8 Å². The fourth-order valence-electron chi connectivity index (χ4n) is 3.41. The van der Waals surface area contributed by atoms with Crippen molar-refractivity contribution in [3.63, 3.8) is 0 Å². The van der Waals surface area contributed by atoms with Crippen molar-refractivity contribution in [1.29, 1.82) is 0 Å². The van der Waals surface area contributed by atoms with Gasteiger partial charge in [-0.15, -0.1) is 11.3 Å². The van der Waals surface area contributed by atoms with Gasteiger partial charge in [-0.2, -0.15) is 0 Å². The number of aromatic nitrogens is 2. The van der Waals surface area contributed by atoms with Crippen LogP contribution in [0.2, 0.25) is 0 Å². The van der Waals surface area contributed by atoms with Crippen molar-refractivity contribution in [3.05, 3.63) is 65.4 Å². The van der Waals surface area contributed by atoms with Crippen LogP contribution < -0.4 is 4.74 Å². The maximum absolute atomic E-state index is 6.01. The van der Waals surface area contributed by atoms with E-state index in [0.29, 0.717) is 0 Å². The Morgan fingerprint density at radius 1 is 1.31 bits per heavy atom. The Hall–Kier alpha value is -2.15. The van der Waals surface area contributed by atoms with Crippen LogP contribution in [0.5, 0.6) is 5.75 Å². The summed E-state index contributed by atoms with van der Waals surface area (Å²) in [6.45, 7) is 3.56. The van der Waals surface area contributed by atoms with Gasteiger partial charge in [0.1, 0.15) is 5.75 Å². The predicted molar refractivity (Wildman–Crippen MR) is 103 cm³/mol. The first-order chi connectivity index (χ1) is 12.8. The maximum Gasteiger partial charge on any atom is 0.193 e. The molecule has 3 heterocycles. The van der Waals surface area contributed by atoms with Gasteiger partial charge in [0.2, 0.25) is 0 Å². The summed E-state index contributed by atoms with van der Waals surface area (Å²) in [6, 6.07) is 12.5. The van der Waals surface area contributed by atoms with Crippen LogP contribution in [-0.4, -0.2) is 47.4 Å². The maximum atomic E-state index is 6.01. The zero-order valence-electron chi connectivity index (χ0n) is 14.9. The minimum Gasteiger partial charge on any atom is -0.497 e. The molecule has 1 fully saturated rings. The molecule has 5 nitrogen and oxygen atoms in total. The highest BCUT2D eigenvalue weighted by Gasteiger charge is 2.22. The molecule has 6 heteroatoms. The number of ether oxygens (including phenoxy) is 2. The fraction of sp³-hybridized carbons (Fsp3) is 0.350. The second kappa shape index (κ2) is 8.03. The third-order valence-corrected chi connectivity index (χ3v) is 5.44. The Morgan fingerprint density at radius 3 is 3.12 bits per heavy atom. The summed E-state index contributed by atoms with van der Waals surface area (Å²) in [7, 11) is 1.70. The van der Waals surface area contributed by atoms with E-state index in [9.17, 15) is 0 Å². The van der Waals surface area contributed by atoms with E-state index in [1.54, 1.807) is 18.4 Å². The van der Waals surface area contributed by atoms with Gasteiger partial charge in [-0.05, 0) is 29.8 Å². The highest BCUT2D eigenvalue weighted by Crippen LogP contribution is 2.20. The van der Waals surface area contributed by atoms with Crippen molar-refractivity contribution >= 4 is 11.3 Å². The minimum atomic E-state index is 0.208. The summed E-state index contributed by atoms with van der Waals surface area (Å²) in [6.07, 6.45) is 5.05. The van der Waals surface area contributed by atoms with Gasteiger partial charge in [-0.3, -0.25) is 9.47 Å². The first kappa shape index (κ1) is 17.3. The number of morpholine rings is 1. The second-order valence-electron chi connectivity index (χ2n) is 6.47. The number of thiazole rings is 1. The molecule has 1 saturated heterocycles. The third kappa shape index (κ3) is 3.98. The number of hydrogen-bond acceptors (Lipinski definition) is 5. The Labute approximate surface area is 157 Å². The Balaban J connectivity index is 1.40. The van der Waals surface area contributed by atoms with Gasteiger partial charge in [-0.1, -0.05) is 12.1 Å². The molecule has 0 amide bonds. The van der Waals surface area contributed by atoms with Crippen LogP contribution in [0, 0.1) is 0 Å². The van der Waals surface area contributed by atoms with Crippen molar-refractivity contribution in [2.45, 2.75) is 19.1 Å². The molecule has 0 aliphatic carbocycles. The number of benzene rings is 1. The number of nitrogens with zero attached hydrogens (tertiary/aromatic N) is 3. The molecule has 0 unspecified atom stereocenters. The van der Waals surface area contributed by atoms with Crippen LogP contribution in [0.1, 0.15) is 11.3 Å². The summed E-state index contributed by atoms with van der Waals surface area (Å²) < 4.78 is 13.5. The zero-order valence-corrected chi connectivity index (χ0v) is 15.7. The molecular formula is C20H23N3O2S. The highest BCUT2D eigenvalue weighted by molar-refractivity contribution is 7.12. The molecule has 26 heavy (non-hydrogen) atoms. The smallest absolute Gasteiger partial charge is 0.193 e. The summed E-state index contributed by atoms with van der Waals surface area (Å²) >= 11 is 1.66.